The van der Waals surface area contributed by atoms with Crippen molar-refractivity contribution in [1.82, 2.24) is 0 Å². The molecule has 1 nitrogen and oxygen atoms in total. The van der Waals surface area contributed by atoms with Crippen LogP contribution < -0.4 is 5.73 Å². The van der Waals surface area contributed by atoms with Crippen LogP contribution in [0.15, 0.2) is 0 Å². The zero-order valence-corrected chi connectivity index (χ0v) is 6.58. The predicted molar refractivity (Wildman–Crippen MR) is 44.4 cm³/mol. The molecule has 0 saturated carbocycles. The van der Waals surface area contributed by atoms with Crippen molar-refractivity contribution in [2.75, 3.05) is 12.3 Å². The maximum atomic E-state index is 5.38. The minimum atomic E-state index is 0.554. The van der Waals surface area contributed by atoms with Crippen molar-refractivity contribution in [3.63, 3.8) is 0 Å². The highest BCUT2D eigenvalue weighted by Gasteiger charge is 1.95. The van der Waals surface area contributed by atoms with Crippen LogP contribution in [0.1, 0.15) is 13.3 Å². The molecule has 0 aliphatic carbocycles. The molecule has 2 N–H and O–H groups in total. The summed E-state index contributed by atoms with van der Waals surface area (Å²) in [6.07, 6.45) is 5.92. The maximum absolute atomic E-state index is 5.38. The van der Waals surface area contributed by atoms with Crippen LogP contribution in [0.2, 0.25) is 0 Å². The van der Waals surface area contributed by atoms with E-state index < -0.39 is 0 Å². The zero-order valence-electron chi connectivity index (χ0n) is 5.76. The highest BCUT2D eigenvalue weighted by atomic mass is 32.2. The molecule has 0 radical (unpaired) electrons. The van der Waals surface area contributed by atoms with Gasteiger partial charge in [0.25, 0.3) is 0 Å². The van der Waals surface area contributed by atoms with E-state index in [9.17, 15) is 0 Å². The molecule has 2 heteroatoms. The molecule has 0 fully saturated rings. The Morgan fingerprint density at radius 2 is 2.44 bits per heavy atom. The summed E-state index contributed by atoms with van der Waals surface area (Å²) in [5, 5.41) is 0.554. The molecular weight excluding hydrogens is 130 g/mol. The summed E-state index contributed by atoms with van der Waals surface area (Å²) >= 11 is 1.83. The predicted octanol–water partition coefficient (Wildman–Crippen LogP) is 1.09. The Morgan fingerprint density at radius 1 is 1.78 bits per heavy atom. The van der Waals surface area contributed by atoms with Crippen LogP contribution in [0.5, 0.6) is 0 Å². The van der Waals surface area contributed by atoms with E-state index in [1.165, 1.54) is 0 Å². The average Bonchev–Trinajstić information content (AvgIpc) is 1.89. The fourth-order valence-electron chi connectivity index (χ4n) is 0.387. The van der Waals surface area contributed by atoms with Gasteiger partial charge in [0.1, 0.15) is 0 Å². The van der Waals surface area contributed by atoms with Gasteiger partial charge in [0.15, 0.2) is 0 Å². The molecule has 1 unspecified atom stereocenters. The summed E-state index contributed by atoms with van der Waals surface area (Å²) in [7, 11) is 0. The molecule has 0 amide bonds. The van der Waals surface area contributed by atoms with Crippen LogP contribution in [0.25, 0.3) is 0 Å². The molecule has 0 aliphatic rings. The minimum Gasteiger partial charge on any atom is -0.329 e. The molecule has 0 aromatic rings. The summed E-state index contributed by atoms with van der Waals surface area (Å²) in [5.74, 6) is 3.62. The Kier molecular flexibility index (Phi) is 5.91. The summed E-state index contributed by atoms with van der Waals surface area (Å²) in [6, 6.07) is 0. The third-order valence-electron chi connectivity index (χ3n) is 0.981. The molecule has 0 saturated heterocycles. The molecule has 9 heavy (non-hydrogen) atoms. The quantitative estimate of drug-likeness (QED) is 0.471. The summed E-state index contributed by atoms with van der Waals surface area (Å²) < 4.78 is 0. The number of hydrogen-bond donors (Lipinski definition) is 1. The van der Waals surface area contributed by atoms with Crippen LogP contribution in [-0.2, 0) is 0 Å². The van der Waals surface area contributed by atoms with E-state index >= 15 is 0 Å². The molecule has 0 spiro atoms. The fraction of sp³-hybridized carbons (Fsp3) is 0.714. The first-order chi connectivity index (χ1) is 4.31. The van der Waals surface area contributed by atoms with Gasteiger partial charge in [0, 0.05) is 24.0 Å². The number of terminal acetylenes is 1. The first-order valence-corrected chi connectivity index (χ1v) is 4.11. The molecule has 0 bridgehead atoms. The van der Waals surface area contributed by atoms with Gasteiger partial charge in [-0.05, 0) is 0 Å². The van der Waals surface area contributed by atoms with Crippen LogP contribution in [0.3, 0.4) is 0 Å². The van der Waals surface area contributed by atoms with E-state index in [1.807, 2.05) is 11.8 Å². The van der Waals surface area contributed by atoms with E-state index in [0.717, 1.165) is 18.7 Å². The van der Waals surface area contributed by atoms with Gasteiger partial charge in [0.05, 0.1) is 0 Å². The Hall–Kier alpha value is -0.130. The summed E-state index contributed by atoms with van der Waals surface area (Å²) in [4.78, 5) is 0. The lowest BCUT2D eigenvalue weighted by Crippen LogP contribution is -2.12. The second kappa shape index (κ2) is 6.00. The van der Waals surface area contributed by atoms with Crippen LogP contribution in [0.4, 0.5) is 0 Å². The van der Waals surface area contributed by atoms with Gasteiger partial charge in [-0.15, -0.1) is 12.3 Å². The highest BCUT2D eigenvalue weighted by Crippen LogP contribution is 2.08. The van der Waals surface area contributed by atoms with Gasteiger partial charge in [-0.25, -0.2) is 0 Å². The zero-order chi connectivity index (χ0) is 7.11. The third-order valence-corrected chi connectivity index (χ3v) is 2.18. The second-order valence-electron chi connectivity index (χ2n) is 1.87. The van der Waals surface area contributed by atoms with Gasteiger partial charge in [0.2, 0.25) is 0 Å². The van der Waals surface area contributed by atoms with Crippen molar-refractivity contribution in [2.24, 2.45) is 5.73 Å². The lowest BCUT2D eigenvalue weighted by Gasteiger charge is -2.04. The van der Waals surface area contributed by atoms with Crippen molar-refractivity contribution in [3.8, 4) is 12.3 Å². The maximum Gasteiger partial charge on any atom is 0.0177 e. The van der Waals surface area contributed by atoms with Gasteiger partial charge in [-0.1, -0.05) is 6.92 Å². The summed E-state index contributed by atoms with van der Waals surface area (Å²) in [6.45, 7) is 2.86. The monoisotopic (exact) mass is 143 g/mol. The molecule has 0 aromatic heterocycles. The van der Waals surface area contributed by atoms with Crippen LogP contribution in [-0.4, -0.2) is 17.5 Å². The van der Waals surface area contributed by atoms with Crippen molar-refractivity contribution < 1.29 is 0 Å². The fourth-order valence-corrected chi connectivity index (χ4v) is 1.16. The van der Waals surface area contributed by atoms with Crippen molar-refractivity contribution in [3.05, 3.63) is 0 Å². The lowest BCUT2D eigenvalue weighted by atomic mass is 10.5. The molecule has 0 heterocycles. The molecule has 52 valence electrons. The number of hydrogen-bond acceptors (Lipinski definition) is 2. The minimum absolute atomic E-state index is 0.554. The Morgan fingerprint density at radius 3 is 2.89 bits per heavy atom. The van der Waals surface area contributed by atoms with Gasteiger partial charge in [-0.3, -0.25) is 0 Å². The second-order valence-corrected chi connectivity index (χ2v) is 3.42. The summed E-state index contributed by atoms with van der Waals surface area (Å²) in [5.41, 5.74) is 5.38. The molecule has 1 atom stereocenters. The van der Waals surface area contributed by atoms with E-state index in [-0.39, 0.29) is 0 Å². The normalized spacial score (nSPS) is 12.6. The standard InChI is InChI=1S/C7H13NS/c1-3-4-5-9-7(2)6-8/h1,7H,4-6,8H2,2H3. The van der Waals surface area contributed by atoms with E-state index in [4.69, 9.17) is 12.2 Å². The lowest BCUT2D eigenvalue weighted by molar-refractivity contribution is 0.950. The molecular formula is C7H13NS. The number of rotatable bonds is 4. The van der Waals surface area contributed by atoms with Crippen molar-refractivity contribution >= 4 is 11.8 Å². The first-order valence-electron chi connectivity index (χ1n) is 3.06. The van der Waals surface area contributed by atoms with Crippen molar-refractivity contribution in [2.45, 2.75) is 18.6 Å². The van der Waals surface area contributed by atoms with Gasteiger partial charge in [-0.2, -0.15) is 11.8 Å². The Bertz CT molecular complexity index is 95.6. The SMILES string of the molecule is C#CCCSC(C)CN. The average molecular weight is 143 g/mol. The molecule has 0 rings (SSSR count). The largest absolute Gasteiger partial charge is 0.329 e. The number of thioether (sulfide) groups is 1. The van der Waals surface area contributed by atoms with E-state index in [0.29, 0.717) is 5.25 Å². The highest BCUT2D eigenvalue weighted by molar-refractivity contribution is 7.99. The van der Waals surface area contributed by atoms with Crippen LogP contribution >= 0.6 is 11.8 Å². The Balaban J connectivity index is 2.99. The van der Waals surface area contributed by atoms with Crippen LogP contribution in [0, 0.1) is 12.3 Å². The van der Waals surface area contributed by atoms with Crippen molar-refractivity contribution in [1.29, 1.82) is 0 Å². The molecule has 0 aliphatic heterocycles. The van der Waals surface area contributed by atoms with E-state index in [1.54, 1.807) is 0 Å². The van der Waals surface area contributed by atoms with Gasteiger partial charge >= 0.3 is 0 Å². The van der Waals surface area contributed by atoms with Gasteiger partial charge < -0.3 is 5.73 Å². The topological polar surface area (TPSA) is 26.0 Å². The smallest absolute Gasteiger partial charge is 0.0177 e. The first kappa shape index (κ1) is 8.87. The van der Waals surface area contributed by atoms with E-state index in [2.05, 4.69) is 12.8 Å². The Labute approximate surface area is 61.4 Å². The number of nitrogens with two attached hydrogens (primary N) is 1. The third kappa shape index (κ3) is 5.75. The molecule has 0 aromatic carbocycles.